The van der Waals surface area contributed by atoms with Crippen LogP contribution in [-0.4, -0.2) is 4.98 Å². The largest absolute Gasteiger partial charge is 0.244 e. The van der Waals surface area contributed by atoms with Gasteiger partial charge in [-0.05, 0) is 29.7 Å². The van der Waals surface area contributed by atoms with Gasteiger partial charge in [0.05, 0.1) is 0 Å². The molecule has 1 heterocycles. The third-order valence-electron chi connectivity index (χ3n) is 2.39. The number of hydrogen-bond acceptors (Lipinski definition) is 1. The van der Waals surface area contributed by atoms with Crippen molar-refractivity contribution in [2.75, 3.05) is 0 Å². The topological polar surface area (TPSA) is 12.9 Å². The summed E-state index contributed by atoms with van der Waals surface area (Å²) in [7, 11) is 0. The number of benzene rings is 1. The van der Waals surface area contributed by atoms with Crippen LogP contribution >= 0.6 is 11.6 Å². The van der Waals surface area contributed by atoms with Gasteiger partial charge < -0.3 is 0 Å². The molecule has 0 atom stereocenters. The minimum atomic E-state index is 0.478. The molecule has 1 aromatic carbocycles. The molecule has 0 aliphatic heterocycles. The lowest BCUT2D eigenvalue weighted by Gasteiger charge is -1.93. The second-order valence-corrected chi connectivity index (χ2v) is 4.18. The van der Waals surface area contributed by atoms with Gasteiger partial charge in [0, 0.05) is 6.20 Å². The van der Waals surface area contributed by atoms with E-state index in [-0.39, 0.29) is 0 Å². The van der Waals surface area contributed by atoms with Gasteiger partial charge in [0.15, 0.2) is 0 Å². The molecule has 2 heteroatoms. The first-order chi connectivity index (χ1) is 8.84. The Hall–Kier alpha value is -1.86. The molecule has 0 N–H and O–H groups in total. The minimum absolute atomic E-state index is 0.478. The minimum Gasteiger partial charge on any atom is -0.244 e. The molecule has 0 unspecified atom stereocenters. The molecule has 0 aliphatic carbocycles. The summed E-state index contributed by atoms with van der Waals surface area (Å²) in [5.74, 6) is 0. The highest BCUT2D eigenvalue weighted by Gasteiger charge is 1.90. The monoisotopic (exact) mass is 254 g/mol. The normalized spacial score (nSPS) is 11.4. The van der Waals surface area contributed by atoms with Crippen LogP contribution in [0, 0.1) is 6.07 Å². The highest BCUT2D eigenvalue weighted by molar-refractivity contribution is 6.29. The fraction of sp³-hybridized carbons (Fsp3) is 0.0625. The maximum absolute atomic E-state index is 5.69. The van der Waals surface area contributed by atoms with Crippen LogP contribution in [0.25, 0.3) is 6.08 Å². The number of halogens is 1. The molecule has 0 amide bonds. The molecular weight excluding hydrogens is 242 g/mol. The van der Waals surface area contributed by atoms with E-state index in [1.54, 1.807) is 12.3 Å². The molecule has 18 heavy (non-hydrogen) atoms. The predicted octanol–water partition coefficient (Wildman–Crippen LogP) is 4.35. The second kappa shape index (κ2) is 6.77. The summed E-state index contributed by atoms with van der Waals surface area (Å²) in [5, 5.41) is 0.478. The predicted molar refractivity (Wildman–Crippen MR) is 76.4 cm³/mol. The van der Waals surface area contributed by atoms with Gasteiger partial charge in [-0.25, -0.2) is 4.98 Å². The van der Waals surface area contributed by atoms with Crippen LogP contribution in [0.2, 0.25) is 5.15 Å². The van der Waals surface area contributed by atoms with Crippen molar-refractivity contribution in [2.45, 2.75) is 6.42 Å². The molecule has 1 radical (unpaired) electrons. The van der Waals surface area contributed by atoms with Crippen molar-refractivity contribution in [1.29, 1.82) is 0 Å². The molecule has 2 aromatic rings. The first kappa shape index (κ1) is 12.6. The van der Waals surface area contributed by atoms with Crippen LogP contribution in [0.15, 0.2) is 60.8 Å². The van der Waals surface area contributed by atoms with Crippen molar-refractivity contribution in [2.24, 2.45) is 0 Å². The Morgan fingerprint density at radius 2 is 2.00 bits per heavy atom. The lowest BCUT2D eigenvalue weighted by Crippen LogP contribution is -1.83. The van der Waals surface area contributed by atoms with Gasteiger partial charge in [-0.1, -0.05) is 66.2 Å². The van der Waals surface area contributed by atoms with Gasteiger partial charge in [-0.15, -0.1) is 0 Å². The van der Waals surface area contributed by atoms with Crippen LogP contribution in [0.1, 0.15) is 11.1 Å². The Kier molecular flexibility index (Phi) is 4.74. The lowest BCUT2D eigenvalue weighted by atomic mass is 10.2. The third kappa shape index (κ3) is 4.19. The summed E-state index contributed by atoms with van der Waals surface area (Å²) in [4.78, 5) is 4.01. The van der Waals surface area contributed by atoms with Gasteiger partial charge in [-0.3, -0.25) is 0 Å². The van der Waals surface area contributed by atoms with E-state index in [4.69, 9.17) is 11.6 Å². The molecule has 1 nitrogen and oxygen atoms in total. The first-order valence-electron chi connectivity index (χ1n) is 5.75. The Morgan fingerprint density at radius 3 is 2.72 bits per heavy atom. The molecule has 2 rings (SSSR count). The summed E-state index contributed by atoms with van der Waals surface area (Å²) < 4.78 is 0. The van der Waals surface area contributed by atoms with Crippen LogP contribution in [0.4, 0.5) is 0 Å². The Labute approximate surface area is 112 Å². The Morgan fingerprint density at radius 1 is 1.17 bits per heavy atom. The molecule has 0 saturated carbocycles. The van der Waals surface area contributed by atoms with Gasteiger partial charge in [0.2, 0.25) is 0 Å². The summed E-state index contributed by atoms with van der Waals surface area (Å²) in [6.07, 6.45) is 10.7. The Bertz CT molecular complexity index is 527. The molecule has 89 valence electrons. The van der Waals surface area contributed by atoms with Crippen molar-refractivity contribution in [3.8, 4) is 0 Å². The summed E-state index contributed by atoms with van der Waals surface area (Å²) >= 11 is 5.69. The number of pyridine rings is 1. The fourth-order valence-corrected chi connectivity index (χ4v) is 1.59. The zero-order valence-electron chi connectivity index (χ0n) is 9.88. The maximum Gasteiger partial charge on any atom is 0.129 e. The van der Waals surface area contributed by atoms with Gasteiger partial charge >= 0.3 is 0 Å². The van der Waals surface area contributed by atoms with E-state index >= 15 is 0 Å². The van der Waals surface area contributed by atoms with Crippen molar-refractivity contribution >= 4 is 17.7 Å². The number of rotatable bonds is 4. The first-order valence-corrected chi connectivity index (χ1v) is 6.13. The average Bonchev–Trinajstić information content (AvgIpc) is 2.42. The van der Waals surface area contributed by atoms with Crippen molar-refractivity contribution in [3.05, 3.63) is 83.2 Å². The van der Waals surface area contributed by atoms with Crippen LogP contribution in [0.3, 0.4) is 0 Å². The van der Waals surface area contributed by atoms with E-state index in [0.717, 1.165) is 12.0 Å². The zero-order chi connectivity index (χ0) is 12.6. The lowest BCUT2D eigenvalue weighted by molar-refractivity contribution is 1.18. The highest BCUT2D eigenvalue weighted by atomic mass is 35.5. The fourth-order valence-electron chi connectivity index (χ4n) is 1.48. The molecule has 0 bridgehead atoms. The number of nitrogens with zero attached hydrogens (tertiary/aromatic N) is 1. The Balaban J connectivity index is 1.85. The average molecular weight is 255 g/mol. The van der Waals surface area contributed by atoms with Gasteiger partial charge in [-0.2, -0.15) is 0 Å². The summed E-state index contributed by atoms with van der Waals surface area (Å²) in [5.41, 5.74) is 2.23. The highest BCUT2D eigenvalue weighted by Crippen LogP contribution is 2.05. The van der Waals surface area contributed by atoms with E-state index in [1.807, 2.05) is 30.4 Å². The van der Waals surface area contributed by atoms with Crippen LogP contribution in [-0.2, 0) is 6.42 Å². The van der Waals surface area contributed by atoms with E-state index in [9.17, 15) is 0 Å². The standard InChI is InChI=1S/C16H13ClN/c17-16-12-11-15(13-18-16)10-6-2-5-9-14-7-3-1-4-8-14/h1-9,12-13H,10H2. The van der Waals surface area contributed by atoms with Crippen molar-refractivity contribution in [3.63, 3.8) is 0 Å². The van der Waals surface area contributed by atoms with E-state index in [0.29, 0.717) is 5.15 Å². The molecule has 0 fully saturated rings. The van der Waals surface area contributed by atoms with Crippen molar-refractivity contribution in [1.82, 2.24) is 4.98 Å². The maximum atomic E-state index is 5.69. The van der Waals surface area contributed by atoms with E-state index in [2.05, 4.69) is 35.3 Å². The van der Waals surface area contributed by atoms with E-state index < -0.39 is 0 Å². The number of hydrogen-bond donors (Lipinski definition) is 0. The smallest absolute Gasteiger partial charge is 0.129 e. The molecule has 0 aliphatic rings. The molecule has 0 saturated heterocycles. The summed E-state index contributed by atoms with van der Waals surface area (Å²) in [6, 6.07) is 15.0. The molecular formula is C16H13ClN. The quantitative estimate of drug-likeness (QED) is 0.584. The number of aromatic nitrogens is 1. The second-order valence-electron chi connectivity index (χ2n) is 3.80. The molecule has 1 aromatic heterocycles. The van der Waals surface area contributed by atoms with Gasteiger partial charge in [0.25, 0.3) is 0 Å². The number of allylic oxidation sites excluding steroid dienone is 3. The van der Waals surface area contributed by atoms with Crippen LogP contribution in [0.5, 0.6) is 0 Å². The van der Waals surface area contributed by atoms with Crippen molar-refractivity contribution < 1.29 is 0 Å². The van der Waals surface area contributed by atoms with Crippen LogP contribution < -0.4 is 0 Å². The zero-order valence-corrected chi connectivity index (χ0v) is 10.6. The molecule has 0 spiro atoms. The van der Waals surface area contributed by atoms with Gasteiger partial charge in [0.1, 0.15) is 5.15 Å². The summed E-state index contributed by atoms with van der Waals surface area (Å²) in [6.45, 7) is 0. The SMILES string of the molecule is Clc1c[c]c(CC=CC=Cc2ccccc2)cn1. The van der Waals surface area contributed by atoms with E-state index in [1.165, 1.54) is 5.56 Å². The third-order valence-corrected chi connectivity index (χ3v) is 2.60.